The van der Waals surface area contributed by atoms with Gasteiger partial charge in [0.25, 0.3) is 0 Å². The molecule has 0 spiro atoms. The van der Waals surface area contributed by atoms with E-state index in [1.54, 1.807) is 12.3 Å². The molecule has 0 fully saturated rings. The molecule has 5 aromatic rings. The van der Waals surface area contributed by atoms with Crippen molar-refractivity contribution in [3.8, 4) is 11.4 Å². The summed E-state index contributed by atoms with van der Waals surface area (Å²) in [5.74, 6) is 0.418. The Bertz CT molecular complexity index is 1320. The summed E-state index contributed by atoms with van der Waals surface area (Å²) in [6.45, 7) is 2.04. The van der Waals surface area contributed by atoms with Gasteiger partial charge in [-0.1, -0.05) is 6.07 Å². The van der Waals surface area contributed by atoms with E-state index in [2.05, 4.69) is 25.3 Å². The Balaban J connectivity index is 1.64. The van der Waals surface area contributed by atoms with Crippen LogP contribution < -0.4 is 5.32 Å². The number of pyridine rings is 2. The number of anilines is 1. The van der Waals surface area contributed by atoms with Crippen LogP contribution in [0.1, 0.15) is 18.5 Å². The van der Waals surface area contributed by atoms with Crippen LogP contribution in [0.4, 0.5) is 10.2 Å². The van der Waals surface area contributed by atoms with Gasteiger partial charge in [-0.3, -0.25) is 4.98 Å². The molecule has 0 saturated carbocycles. The van der Waals surface area contributed by atoms with Gasteiger partial charge in [0.15, 0.2) is 0 Å². The zero-order chi connectivity index (χ0) is 19.8. The average molecular weight is 384 g/mol. The Hall–Kier alpha value is -3.87. The van der Waals surface area contributed by atoms with Crippen LogP contribution in [0, 0.1) is 5.82 Å². The highest BCUT2D eigenvalue weighted by atomic mass is 19.1. The van der Waals surface area contributed by atoms with Gasteiger partial charge in [0.2, 0.25) is 0 Å². The molecular formula is C22H17FN6. The molecule has 7 heteroatoms. The lowest BCUT2D eigenvalue weighted by Crippen LogP contribution is -2.11. The van der Waals surface area contributed by atoms with Crippen molar-refractivity contribution in [2.75, 3.05) is 5.32 Å². The van der Waals surface area contributed by atoms with Gasteiger partial charge in [-0.15, -0.1) is 0 Å². The van der Waals surface area contributed by atoms with Crippen molar-refractivity contribution >= 4 is 27.8 Å². The summed E-state index contributed by atoms with van der Waals surface area (Å²) in [6, 6.07) is 14.1. The van der Waals surface area contributed by atoms with Crippen molar-refractivity contribution in [1.29, 1.82) is 0 Å². The van der Waals surface area contributed by atoms with E-state index in [0.29, 0.717) is 11.2 Å². The van der Waals surface area contributed by atoms with Crippen LogP contribution in [0.25, 0.3) is 33.3 Å². The summed E-state index contributed by atoms with van der Waals surface area (Å²) >= 11 is 0. The van der Waals surface area contributed by atoms with Crippen LogP contribution in [-0.2, 0) is 0 Å². The highest BCUT2D eigenvalue weighted by Crippen LogP contribution is 2.31. The lowest BCUT2D eigenvalue weighted by molar-refractivity contribution is 0.629. The molecule has 5 rings (SSSR count). The number of aromatic amines is 1. The minimum Gasteiger partial charge on any atom is -0.363 e. The van der Waals surface area contributed by atoms with Crippen molar-refractivity contribution in [3.05, 3.63) is 78.6 Å². The maximum absolute atomic E-state index is 13.8. The number of nitrogens with one attached hydrogen (secondary N) is 2. The molecule has 1 aromatic carbocycles. The van der Waals surface area contributed by atoms with Gasteiger partial charge < -0.3 is 10.3 Å². The molecule has 4 heterocycles. The van der Waals surface area contributed by atoms with Gasteiger partial charge in [0.1, 0.15) is 23.6 Å². The van der Waals surface area contributed by atoms with E-state index in [-0.39, 0.29) is 11.9 Å². The zero-order valence-electron chi connectivity index (χ0n) is 15.6. The van der Waals surface area contributed by atoms with Crippen molar-refractivity contribution in [2.45, 2.75) is 13.0 Å². The summed E-state index contributed by atoms with van der Waals surface area (Å²) in [6.07, 6.45) is 5.08. The van der Waals surface area contributed by atoms with E-state index < -0.39 is 0 Å². The second kappa shape index (κ2) is 6.94. The number of fused-ring (bicyclic) bond motifs is 2. The molecule has 0 aliphatic carbocycles. The number of nitrogens with zero attached hydrogens (tertiary/aromatic N) is 4. The predicted molar refractivity (Wildman–Crippen MR) is 111 cm³/mol. The maximum Gasteiger partial charge on any atom is 0.142 e. The van der Waals surface area contributed by atoms with Crippen LogP contribution >= 0.6 is 0 Å². The smallest absolute Gasteiger partial charge is 0.142 e. The van der Waals surface area contributed by atoms with Gasteiger partial charge in [-0.25, -0.2) is 19.3 Å². The lowest BCUT2D eigenvalue weighted by atomic mass is 10.0. The van der Waals surface area contributed by atoms with E-state index in [9.17, 15) is 4.39 Å². The number of hydrogen-bond acceptors (Lipinski definition) is 5. The second-order valence-corrected chi connectivity index (χ2v) is 6.81. The molecule has 0 saturated heterocycles. The molecular weight excluding hydrogens is 367 g/mol. The summed E-state index contributed by atoms with van der Waals surface area (Å²) in [7, 11) is 0. The molecule has 0 unspecified atom stereocenters. The molecule has 0 bridgehead atoms. The normalized spacial score (nSPS) is 12.3. The van der Waals surface area contributed by atoms with E-state index in [1.165, 1.54) is 18.5 Å². The summed E-state index contributed by atoms with van der Waals surface area (Å²) < 4.78 is 13.8. The molecule has 0 aliphatic rings. The highest BCUT2D eigenvalue weighted by Gasteiger charge is 2.18. The maximum atomic E-state index is 13.8. The molecule has 142 valence electrons. The van der Waals surface area contributed by atoms with Gasteiger partial charge in [-0.2, -0.15) is 0 Å². The number of aromatic nitrogens is 5. The Kier molecular flexibility index (Phi) is 4.13. The second-order valence-electron chi connectivity index (χ2n) is 6.81. The molecule has 29 heavy (non-hydrogen) atoms. The molecule has 0 amide bonds. The SMILES string of the molecule is C[C@H](Nc1ncnc2[nH]ccc12)c1cc2ccc(F)cc2nc1-c1ccccn1. The standard InChI is InChI=1S/C22H17FN6/c1-13(28-22-16-7-9-25-21(16)26-12-27-22)17-10-14-5-6-15(23)11-19(14)29-20(17)18-4-2-3-8-24-18/h2-13H,1H3,(H2,25,26,27,28)/t13-/m0/s1. The Morgan fingerprint density at radius 2 is 1.97 bits per heavy atom. The van der Waals surface area contributed by atoms with E-state index in [1.807, 2.05) is 43.5 Å². The Morgan fingerprint density at radius 3 is 2.83 bits per heavy atom. The topological polar surface area (TPSA) is 79.4 Å². The number of H-pyrrole nitrogens is 1. The van der Waals surface area contributed by atoms with E-state index in [0.717, 1.165) is 33.5 Å². The molecule has 0 aliphatic heterocycles. The van der Waals surface area contributed by atoms with E-state index >= 15 is 0 Å². The van der Waals surface area contributed by atoms with Crippen LogP contribution in [0.15, 0.2) is 67.3 Å². The zero-order valence-corrected chi connectivity index (χ0v) is 15.6. The van der Waals surface area contributed by atoms with Gasteiger partial charge in [0.05, 0.1) is 28.3 Å². The third-order valence-electron chi connectivity index (χ3n) is 4.89. The summed E-state index contributed by atoms with van der Waals surface area (Å²) in [5.41, 5.74) is 3.76. The fourth-order valence-electron chi connectivity index (χ4n) is 3.46. The monoisotopic (exact) mass is 384 g/mol. The third-order valence-corrected chi connectivity index (χ3v) is 4.89. The lowest BCUT2D eigenvalue weighted by Gasteiger charge is -2.19. The van der Waals surface area contributed by atoms with Crippen LogP contribution in [0.3, 0.4) is 0 Å². The number of halogens is 1. The van der Waals surface area contributed by atoms with Crippen molar-refractivity contribution in [1.82, 2.24) is 24.9 Å². The van der Waals surface area contributed by atoms with Crippen LogP contribution in [-0.4, -0.2) is 24.9 Å². The minimum atomic E-state index is -0.313. The molecule has 2 N–H and O–H groups in total. The fraction of sp³-hybridized carbons (Fsp3) is 0.0909. The average Bonchev–Trinajstić information content (AvgIpc) is 3.23. The molecule has 0 radical (unpaired) electrons. The summed E-state index contributed by atoms with van der Waals surface area (Å²) in [5, 5.41) is 5.24. The number of rotatable bonds is 4. The minimum absolute atomic E-state index is 0.123. The van der Waals surface area contributed by atoms with Crippen molar-refractivity contribution < 1.29 is 4.39 Å². The number of benzene rings is 1. The van der Waals surface area contributed by atoms with E-state index in [4.69, 9.17) is 4.98 Å². The fourth-order valence-corrected chi connectivity index (χ4v) is 3.46. The van der Waals surface area contributed by atoms with Gasteiger partial charge >= 0.3 is 0 Å². The van der Waals surface area contributed by atoms with Crippen LogP contribution in [0.2, 0.25) is 0 Å². The third kappa shape index (κ3) is 3.16. The quantitative estimate of drug-likeness (QED) is 0.462. The van der Waals surface area contributed by atoms with Gasteiger partial charge in [0, 0.05) is 29.4 Å². The first-order valence-corrected chi connectivity index (χ1v) is 9.25. The van der Waals surface area contributed by atoms with Gasteiger partial charge in [-0.05, 0) is 43.3 Å². The summed E-state index contributed by atoms with van der Waals surface area (Å²) in [4.78, 5) is 20.9. The first-order valence-electron chi connectivity index (χ1n) is 9.25. The highest BCUT2D eigenvalue weighted by molar-refractivity contribution is 5.87. The Morgan fingerprint density at radius 1 is 1.03 bits per heavy atom. The first-order chi connectivity index (χ1) is 14.2. The molecule has 4 aromatic heterocycles. The van der Waals surface area contributed by atoms with Crippen LogP contribution in [0.5, 0.6) is 0 Å². The number of hydrogen-bond donors (Lipinski definition) is 2. The first kappa shape index (κ1) is 17.2. The Labute approximate surface area is 165 Å². The van der Waals surface area contributed by atoms with Crippen molar-refractivity contribution in [3.63, 3.8) is 0 Å². The molecule has 6 nitrogen and oxygen atoms in total. The largest absolute Gasteiger partial charge is 0.363 e. The molecule has 1 atom stereocenters. The van der Waals surface area contributed by atoms with Crippen molar-refractivity contribution in [2.24, 2.45) is 0 Å². The predicted octanol–water partition coefficient (Wildman–Crippen LogP) is 4.88.